The van der Waals surface area contributed by atoms with Gasteiger partial charge in [-0.3, -0.25) is 9.97 Å². The zero-order chi connectivity index (χ0) is 13.8. The molecule has 0 spiro atoms. The highest BCUT2D eigenvalue weighted by atomic mass is 16.3. The fourth-order valence-electron chi connectivity index (χ4n) is 2.08. The number of rotatable bonds is 4. The Morgan fingerprint density at radius 3 is 2.58 bits per heavy atom. The zero-order valence-corrected chi connectivity index (χ0v) is 11.7. The minimum Gasteiger partial charge on any atom is -0.382 e. The van der Waals surface area contributed by atoms with Crippen LogP contribution in [0.2, 0.25) is 0 Å². The van der Waals surface area contributed by atoms with Gasteiger partial charge in [0.1, 0.15) is 6.10 Å². The van der Waals surface area contributed by atoms with Crippen molar-refractivity contribution in [1.82, 2.24) is 9.97 Å². The molecule has 1 unspecified atom stereocenters. The highest BCUT2D eigenvalue weighted by Gasteiger charge is 2.12. The van der Waals surface area contributed by atoms with Gasteiger partial charge in [0.25, 0.3) is 0 Å². The van der Waals surface area contributed by atoms with Gasteiger partial charge in [-0.1, -0.05) is 38.1 Å². The standard InChI is InChI=1S/C16H20N2O/c1-11(2)7-13-5-4-6-14(8-13)16(19)15-10-17-12(3)9-18-15/h4-6,8-11,16,19H,7H2,1-3H3. The van der Waals surface area contributed by atoms with Crippen molar-refractivity contribution in [2.75, 3.05) is 0 Å². The predicted molar refractivity (Wildman–Crippen MR) is 75.8 cm³/mol. The van der Waals surface area contributed by atoms with Crippen molar-refractivity contribution in [2.45, 2.75) is 33.3 Å². The van der Waals surface area contributed by atoms with Gasteiger partial charge in [0.2, 0.25) is 0 Å². The van der Waals surface area contributed by atoms with Crippen LogP contribution in [0.15, 0.2) is 36.7 Å². The molecule has 2 rings (SSSR count). The Labute approximate surface area is 114 Å². The molecule has 0 saturated carbocycles. The second kappa shape index (κ2) is 5.93. The molecule has 0 amide bonds. The van der Waals surface area contributed by atoms with Crippen molar-refractivity contribution in [1.29, 1.82) is 0 Å². The number of aromatic nitrogens is 2. The lowest BCUT2D eigenvalue weighted by atomic mass is 9.98. The molecule has 0 aliphatic heterocycles. The zero-order valence-electron chi connectivity index (χ0n) is 11.7. The minimum atomic E-state index is -0.708. The number of aliphatic hydroxyl groups is 1. The largest absolute Gasteiger partial charge is 0.382 e. The lowest BCUT2D eigenvalue weighted by Crippen LogP contribution is -2.04. The van der Waals surface area contributed by atoms with Crippen LogP contribution in [0.5, 0.6) is 0 Å². The molecule has 1 atom stereocenters. The molecule has 0 saturated heterocycles. The van der Waals surface area contributed by atoms with Gasteiger partial charge in [-0.15, -0.1) is 0 Å². The number of hydrogen-bond acceptors (Lipinski definition) is 3. The topological polar surface area (TPSA) is 46.0 Å². The van der Waals surface area contributed by atoms with Gasteiger partial charge >= 0.3 is 0 Å². The van der Waals surface area contributed by atoms with Gasteiger partial charge in [-0.2, -0.15) is 0 Å². The molecule has 1 heterocycles. The second-order valence-corrected chi connectivity index (χ2v) is 5.33. The maximum absolute atomic E-state index is 10.3. The molecule has 0 radical (unpaired) electrons. The summed E-state index contributed by atoms with van der Waals surface area (Å²) in [6.45, 7) is 6.26. The first-order valence-electron chi connectivity index (χ1n) is 6.61. The molecule has 1 aromatic carbocycles. The van der Waals surface area contributed by atoms with Crippen LogP contribution in [-0.4, -0.2) is 15.1 Å². The van der Waals surface area contributed by atoms with Gasteiger partial charge in [-0.25, -0.2) is 0 Å². The van der Waals surface area contributed by atoms with Crippen molar-refractivity contribution in [3.8, 4) is 0 Å². The monoisotopic (exact) mass is 256 g/mol. The maximum atomic E-state index is 10.3. The second-order valence-electron chi connectivity index (χ2n) is 5.33. The quantitative estimate of drug-likeness (QED) is 0.914. The van der Waals surface area contributed by atoms with Crippen LogP contribution in [0.4, 0.5) is 0 Å². The van der Waals surface area contributed by atoms with Crippen LogP contribution in [0.25, 0.3) is 0 Å². The average Bonchev–Trinajstić information content (AvgIpc) is 2.38. The SMILES string of the molecule is Cc1cnc(C(O)c2cccc(CC(C)C)c2)cn1. The Hall–Kier alpha value is -1.74. The van der Waals surface area contributed by atoms with E-state index in [-0.39, 0.29) is 0 Å². The molecule has 19 heavy (non-hydrogen) atoms. The summed E-state index contributed by atoms with van der Waals surface area (Å²) in [5.41, 5.74) is 3.56. The fourth-order valence-corrected chi connectivity index (χ4v) is 2.08. The summed E-state index contributed by atoms with van der Waals surface area (Å²) in [6, 6.07) is 8.05. The van der Waals surface area contributed by atoms with Crippen LogP contribution in [-0.2, 0) is 6.42 Å². The van der Waals surface area contributed by atoms with E-state index in [0.717, 1.165) is 17.7 Å². The third-order valence-electron chi connectivity index (χ3n) is 2.99. The first kappa shape index (κ1) is 13.7. The molecule has 3 nitrogen and oxygen atoms in total. The summed E-state index contributed by atoms with van der Waals surface area (Å²) in [5.74, 6) is 0.603. The summed E-state index contributed by atoms with van der Waals surface area (Å²) < 4.78 is 0. The van der Waals surface area contributed by atoms with E-state index >= 15 is 0 Å². The van der Waals surface area contributed by atoms with E-state index in [4.69, 9.17) is 0 Å². The van der Waals surface area contributed by atoms with Crippen LogP contribution in [0, 0.1) is 12.8 Å². The van der Waals surface area contributed by atoms with E-state index in [2.05, 4.69) is 29.9 Å². The Balaban J connectivity index is 2.23. The van der Waals surface area contributed by atoms with Gasteiger partial charge in [0.15, 0.2) is 0 Å². The van der Waals surface area contributed by atoms with Crippen molar-refractivity contribution in [3.63, 3.8) is 0 Å². The lowest BCUT2D eigenvalue weighted by Gasteiger charge is -2.12. The first-order valence-corrected chi connectivity index (χ1v) is 6.61. The van der Waals surface area contributed by atoms with Crippen LogP contribution in [0.1, 0.15) is 42.5 Å². The van der Waals surface area contributed by atoms with E-state index < -0.39 is 6.10 Å². The highest BCUT2D eigenvalue weighted by molar-refractivity contribution is 5.29. The van der Waals surface area contributed by atoms with Crippen molar-refractivity contribution >= 4 is 0 Å². The Morgan fingerprint density at radius 2 is 1.95 bits per heavy atom. The predicted octanol–water partition coefficient (Wildman–Crippen LogP) is 3.07. The summed E-state index contributed by atoms with van der Waals surface area (Å²) in [7, 11) is 0. The summed E-state index contributed by atoms with van der Waals surface area (Å²) in [6.07, 6.45) is 3.62. The molecule has 0 aliphatic rings. The molecule has 1 N–H and O–H groups in total. The number of aryl methyl sites for hydroxylation is 1. The van der Waals surface area contributed by atoms with Crippen LogP contribution in [0.3, 0.4) is 0 Å². The van der Waals surface area contributed by atoms with Gasteiger partial charge in [-0.05, 0) is 30.4 Å². The normalized spacial score (nSPS) is 12.7. The highest BCUT2D eigenvalue weighted by Crippen LogP contribution is 2.21. The molecule has 2 aromatic rings. The first-order chi connectivity index (χ1) is 9.06. The average molecular weight is 256 g/mol. The number of benzene rings is 1. The number of aliphatic hydroxyl groups excluding tert-OH is 1. The molecule has 0 aliphatic carbocycles. The molecular weight excluding hydrogens is 236 g/mol. The molecule has 1 aromatic heterocycles. The maximum Gasteiger partial charge on any atom is 0.123 e. The third kappa shape index (κ3) is 3.61. The molecule has 3 heteroatoms. The molecule has 0 bridgehead atoms. The summed E-state index contributed by atoms with van der Waals surface area (Å²) in [5, 5.41) is 10.3. The van der Waals surface area contributed by atoms with Gasteiger partial charge in [0.05, 0.1) is 17.6 Å². The van der Waals surface area contributed by atoms with Crippen molar-refractivity contribution in [2.24, 2.45) is 5.92 Å². The third-order valence-corrected chi connectivity index (χ3v) is 2.99. The lowest BCUT2D eigenvalue weighted by molar-refractivity contribution is 0.214. The van der Waals surface area contributed by atoms with Crippen LogP contribution >= 0.6 is 0 Å². The molecular formula is C16H20N2O. The van der Waals surface area contributed by atoms with Gasteiger partial charge < -0.3 is 5.11 Å². The van der Waals surface area contributed by atoms with E-state index in [1.165, 1.54) is 5.56 Å². The summed E-state index contributed by atoms with van der Waals surface area (Å²) >= 11 is 0. The van der Waals surface area contributed by atoms with Crippen LogP contribution < -0.4 is 0 Å². The Morgan fingerprint density at radius 1 is 1.16 bits per heavy atom. The Kier molecular flexibility index (Phi) is 4.27. The fraction of sp³-hybridized carbons (Fsp3) is 0.375. The van der Waals surface area contributed by atoms with Crippen molar-refractivity contribution in [3.05, 3.63) is 59.2 Å². The van der Waals surface area contributed by atoms with E-state index in [1.807, 2.05) is 25.1 Å². The Bertz CT molecular complexity index is 535. The smallest absolute Gasteiger partial charge is 0.123 e. The van der Waals surface area contributed by atoms with Crippen molar-refractivity contribution < 1.29 is 5.11 Å². The molecule has 0 fully saturated rings. The number of hydrogen-bond donors (Lipinski definition) is 1. The molecule has 100 valence electrons. The van der Waals surface area contributed by atoms with E-state index in [1.54, 1.807) is 12.4 Å². The van der Waals surface area contributed by atoms with E-state index in [9.17, 15) is 5.11 Å². The minimum absolute atomic E-state index is 0.590. The number of nitrogens with zero attached hydrogens (tertiary/aromatic N) is 2. The summed E-state index contributed by atoms with van der Waals surface area (Å²) in [4.78, 5) is 8.41. The van der Waals surface area contributed by atoms with E-state index in [0.29, 0.717) is 11.6 Å². The van der Waals surface area contributed by atoms with Gasteiger partial charge in [0, 0.05) is 6.20 Å².